The van der Waals surface area contributed by atoms with Crippen LogP contribution in [0.3, 0.4) is 0 Å². The molecule has 2 N–H and O–H groups in total. The number of benzene rings is 2. The molecule has 1 heterocycles. The highest BCUT2D eigenvalue weighted by Crippen LogP contribution is 2.23. The standard InChI is InChI=1S/C20H21N3O2S/c1-13-10-11-14(20(25)21-2)12-16(13)22-18(24)8-5-9-19-23-15-6-3-4-7-17(15)26-19/h3-4,6-7,10-12H,5,8-9H2,1-2H3,(H,21,25)(H,22,24). The largest absolute Gasteiger partial charge is 0.355 e. The molecular weight excluding hydrogens is 346 g/mol. The SMILES string of the molecule is CNC(=O)c1ccc(C)c(NC(=O)CCCc2nc3ccccc3s2)c1. The number of fused-ring (bicyclic) bond motifs is 1. The molecule has 0 saturated heterocycles. The minimum Gasteiger partial charge on any atom is -0.355 e. The second-order valence-electron chi connectivity index (χ2n) is 6.09. The minimum atomic E-state index is -0.170. The maximum atomic E-state index is 12.2. The number of nitrogens with one attached hydrogen (secondary N) is 2. The molecule has 134 valence electrons. The summed E-state index contributed by atoms with van der Waals surface area (Å²) in [5, 5.41) is 6.55. The van der Waals surface area contributed by atoms with Gasteiger partial charge in [-0.2, -0.15) is 0 Å². The van der Waals surface area contributed by atoms with Crippen LogP contribution in [-0.2, 0) is 11.2 Å². The van der Waals surface area contributed by atoms with Gasteiger partial charge in [0.1, 0.15) is 0 Å². The molecule has 0 aliphatic carbocycles. The second-order valence-corrected chi connectivity index (χ2v) is 7.20. The van der Waals surface area contributed by atoms with Gasteiger partial charge in [0.2, 0.25) is 5.91 Å². The molecule has 0 fully saturated rings. The smallest absolute Gasteiger partial charge is 0.251 e. The van der Waals surface area contributed by atoms with Crippen molar-refractivity contribution in [1.29, 1.82) is 0 Å². The van der Waals surface area contributed by atoms with E-state index in [1.165, 1.54) is 4.70 Å². The predicted molar refractivity (Wildman–Crippen MR) is 106 cm³/mol. The van der Waals surface area contributed by atoms with Crippen LogP contribution in [0.25, 0.3) is 10.2 Å². The minimum absolute atomic E-state index is 0.0525. The first-order valence-corrected chi connectivity index (χ1v) is 9.35. The van der Waals surface area contributed by atoms with E-state index in [0.29, 0.717) is 17.7 Å². The average molecular weight is 367 g/mol. The number of thiazole rings is 1. The van der Waals surface area contributed by atoms with Crippen molar-refractivity contribution >= 4 is 39.1 Å². The molecule has 6 heteroatoms. The van der Waals surface area contributed by atoms with E-state index in [0.717, 1.165) is 28.9 Å². The van der Waals surface area contributed by atoms with E-state index < -0.39 is 0 Å². The molecule has 5 nitrogen and oxygen atoms in total. The van der Waals surface area contributed by atoms with E-state index in [4.69, 9.17) is 0 Å². The van der Waals surface area contributed by atoms with Crippen LogP contribution in [0.1, 0.15) is 33.8 Å². The first kappa shape index (κ1) is 18.1. The Balaban J connectivity index is 1.56. The van der Waals surface area contributed by atoms with E-state index in [2.05, 4.69) is 21.7 Å². The van der Waals surface area contributed by atoms with Gasteiger partial charge in [0.05, 0.1) is 15.2 Å². The highest BCUT2D eigenvalue weighted by Gasteiger charge is 2.10. The zero-order valence-electron chi connectivity index (χ0n) is 14.8. The number of carbonyl (C=O) groups is 2. The van der Waals surface area contributed by atoms with Gasteiger partial charge in [0.25, 0.3) is 5.91 Å². The second kappa shape index (κ2) is 8.10. The Morgan fingerprint density at radius 1 is 1.15 bits per heavy atom. The van der Waals surface area contributed by atoms with Crippen LogP contribution in [-0.4, -0.2) is 23.8 Å². The first-order valence-electron chi connectivity index (χ1n) is 8.54. The summed E-state index contributed by atoms with van der Waals surface area (Å²) < 4.78 is 1.17. The molecule has 0 saturated carbocycles. The van der Waals surface area contributed by atoms with Crippen LogP contribution in [0.5, 0.6) is 0 Å². The molecule has 3 rings (SSSR count). The van der Waals surface area contributed by atoms with Gasteiger partial charge in [-0.25, -0.2) is 4.98 Å². The van der Waals surface area contributed by atoms with Crippen LogP contribution in [0, 0.1) is 6.92 Å². The maximum absolute atomic E-state index is 12.2. The summed E-state index contributed by atoms with van der Waals surface area (Å²) in [7, 11) is 1.59. The molecule has 2 aromatic carbocycles. The van der Waals surface area contributed by atoms with Crippen LogP contribution in [0.4, 0.5) is 5.69 Å². The van der Waals surface area contributed by atoms with Crippen molar-refractivity contribution in [2.45, 2.75) is 26.2 Å². The Bertz CT molecular complexity index is 916. The Kier molecular flexibility index (Phi) is 5.63. The van der Waals surface area contributed by atoms with Gasteiger partial charge in [-0.15, -0.1) is 11.3 Å². The molecule has 0 unspecified atom stereocenters. The van der Waals surface area contributed by atoms with E-state index in [9.17, 15) is 9.59 Å². The lowest BCUT2D eigenvalue weighted by atomic mass is 10.1. The Hall–Kier alpha value is -2.73. The summed E-state index contributed by atoms with van der Waals surface area (Å²) in [4.78, 5) is 28.6. The van der Waals surface area contributed by atoms with Gasteiger partial charge < -0.3 is 10.6 Å². The number of rotatable bonds is 6. The number of hydrogen-bond donors (Lipinski definition) is 2. The quantitative estimate of drug-likeness (QED) is 0.693. The lowest BCUT2D eigenvalue weighted by molar-refractivity contribution is -0.116. The lowest BCUT2D eigenvalue weighted by Crippen LogP contribution is -2.19. The number of aromatic nitrogens is 1. The highest BCUT2D eigenvalue weighted by molar-refractivity contribution is 7.18. The van der Waals surface area contributed by atoms with Gasteiger partial charge in [0, 0.05) is 24.7 Å². The zero-order valence-corrected chi connectivity index (χ0v) is 15.7. The molecule has 0 aliphatic rings. The van der Waals surface area contributed by atoms with E-state index in [-0.39, 0.29) is 11.8 Å². The molecule has 0 radical (unpaired) electrons. The van der Waals surface area contributed by atoms with Crippen molar-refractivity contribution in [2.75, 3.05) is 12.4 Å². The Morgan fingerprint density at radius 2 is 1.96 bits per heavy atom. The fraction of sp³-hybridized carbons (Fsp3) is 0.250. The van der Waals surface area contributed by atoms with Gasteiger partial charge in [0.15, 0.2) is 0 Å². The molecule has 0 spiro atoms. The number of carbonyl (C=O) groups excluding carboxylic acids is 2. The molecule has 2 amide bonds. The summed E-state index contributed by atoms with van der Waals surface area (Å²) in [6, 6.07) is 13.3. The topological polar surface area (TPSA) is 71.1 Å². The van der Waals surface area contributed by atoms with E-state index >= 15 is 0 Å². The van der Waals surface area contributed by atoms with E-state index in [1.807, 2.05) is 31.2 Å². The van der Waals surface area contributed by atoms with Crippen LogP contribution < -0.4 is 10.6 Å². The molecular formula is C20H21N3O2S. The third kappa shape index (κ3) is 4.26. The number of nitrogens with zero attached hydrogens (tertiary/aromatic N) is 1. The van der Waals surface area contributed by atoms with Crippen molar-refractivity contribution < 1.29 is 9.59 Å². The normalized spacial score (nSPS) is 10.7. The molecule has 26 heavy (non-hydrogen) atoms. The van der Waals surface area contributed by atoms with Crippen molar-refractivity contribution in [1.82, 2.24) is 10.3 Å². The van der Waals surface area contributed by atoms with Crippen LogP contribution >= 0.6 is 11.3 Å². The first-order chi connectivity index (χ1) is 12.6. The summed E-state index contributed by atoms with van der Waals surface area (Å²) in [6.45, 7) is 1.91. The summed E-state index contributed by atoms with van der Waals surface area (Å²) in [6.07, 6.45) is 1.93. The highest BCUT2D eigenvalue weighted by atomic mass is 32.1. The molecule has 1 aromatic heterocycles. The Morgan fingerprint density at radius 3 is 2.73 bits per heavy atom. The number of anilines is 1. The lowest BCUT2D eigenvalue weighted by Gasteiger charge is -2.10. The zero-order chi connectivity index (χ0) is 18.5. The molecule has 0 aliphatic heterocycles. The van der Waals surface area contributed by atoms with Gasteiger partial charge in [-0.1, -0.05) is 18.2 Å². The number of amides is 2. The maximum Gasteiger partial charge on any atom is 0.251 e. The van der Waals surface area contributed by atoms with Crippen LogP contribution in [0.15, 0.2) is 42.5 Å². The number of hydrogen-bond acceptors (Lipinski definition) is 4. The summed E-state index contributed by atoms with van der Waals surface area (Å²) in [5.41, 5.74) is 3.15. The number of aryl methyl sites for hydroxylation is 2. The summed E-state index contributed by atoms with van der Waals surface area (Å²) >= 11 is 1.68. The summed E-state index contributed by atoms with van der Waals surface area (Å²) in [5.74, 6) is -0.223. The average Bonchev–Trinajstić information content (AvgIpc) is 3.05. The Labute approximate surface area is 156 Å². The van der Waals surface area contributed by atoms with Gasteiger partial charge in [-0.3, -0.25) is 9.59 Å². The van der Waals surface area contributed by atoms with Crippen molar-refractivity contribution in [3.63, 3.8) is 0 Å². The molecule has 3 aromatic rings. The fourth-order valence-corrected chi connectivity index (χ4v) is 3.69. The van der Waals surface area contributed by atoms with Gasteiger partial charge in [-0.05, 0) is 49.6 Å². The monoisotopic (exact) mass is 367 g/mol. The predicted octanol–water partition coefficient (Wildman–Crippen LogP) is 3.93. The molecule has 0 atom stereocenters. The third-order valence-corrected chi connectivity index (χ3v) is 5.23. The van der Waals surface area contributed by atoms with Crippen LogP contribution in [0.2, 0.25) is 0 Å². The van der Waals surface area contributed by atoms with Crippen molar-refractivity contribution in [2.24, 2.45) is 0 Å². The molecule has 0 bridgehead atoms. The van der Waals surface area contributed by atoms with Crippen molar-refractivity contribution in [3.05, 3.63) is 58.6 Å². The van der Waals surface area contributed by atoms with Crippen molar-refractivity contribution in [3.8, 4) is 0 Å². The van der Waals surface area contributed by atoms with E-state index in [1.54, 1.807) is 30.5 Å². The van der Waals surface area contributed by atoms with Gasteiger partial charge >= 0.3 is 0 Å². The number of para-hydroxylation sites is 1. The fourth-order valence-electron chi connectivity index (χ4n) is 2.68. The third-order valence-electron chi connectivity index (χ3n) is 4.13.